The summed E-state index contributed by atoms with van der Waals surface area (Å²) in [6.07, 6.45) is 1.75. The van der Waals surface area contributed by atoms with Gasteiger partial charge in [-0.25, -0.2) is 4.68 Å². The van der Waals surface area contributed by atoms with Gasteiger partial charge in [0.05, 0.1) is 44.7 Å². The Balaban J connectivity index is 1.67. The molecule has 7 heteroatoms. The van der Waals surface area contributed by atoms with Crippen molar-refractivity contribution in [2.24, 2.45) is 0 Å². The first kappa shape index (κ1) is 22.0. The zero-order valence-corrected chi connectivity index (χ0v) is 18.7. The number of aromatic nitrogens is 2. The van der Waals surface area contributed by atoms with Gasteiger partial charge < -0.3 is 19.5 Å². The second-order valence-corrected chi connectivity index (χ2v) is 7.23. The number of nitrogens with zero attached hydrogens (tertiary/aromatic N) is 2. The molecule has 3 aromatic carbocycles. The Morgan fingerprint density at radius 3 is 2.06 bits per heavy atom. The average Bonchev–Trinajstić information content (AvgIpc) is 3.33. The maximum Gasteiger partial charge on any atom is 0.255 e. The molecule has 0 aliphatic rings. The highest BCUT2D eigenvalue weighted by Crippen LogP contribution is 2.34. The lowest BCUT2D eigenvalue weighted by molar-refractivity contribution is 0.0951. The van der Waals surface area contributed by atoms with Crippen molar-refractivity contribution < 1.29 is 19.0 Å². The van der Waals surface area contributed by atoms with E-state index in [0.29, 0.717) is 34.1 Å². The van der Waals surface area contributed by atoms with Gasteiger partial charge in [0.2, 0.25) is 0 Å². The number of rotatable bonds is 8. The number of ether oxygens (including phenoxy) is 3. The van der Waals surface area contributed by atoms with E-state index < -0.39 is 0 Å². The molecule has 1 heterocycles. The Hall–Kier alpha value is -4.26. The molecule has 0 radical (unpaired) electrons. The summed E-state index contributed by atoms with van der Waals surface area (Å²) in [5.41, 5.74) is 3.51. The lowest BCUT2D eigenvalue weighted by Gasteiger charge is -2.15. The fourth-order valence-electron chi connectivity index (χ4n) is 3.58. The average molecular weight is 444 g/mol. The molecule has 1 amide bonds. The molecule has 0 spiro atoms. The van der Waals surface area contributed by atoms with Gasteiger partial charge in [0, 0.05) is 23.9 Å². The minimum Gasteiger partial charge on any atom is -0.496 e. The van der Waals surface area contributed by atoms with E-state index in [9.17, 15) is 4.79 Å². The summed E-state index contributed by atoms with van der Waals surface area (Å²) >= 11 is 0. The third kappa shape index (κ3) is 4.67. The number of methoxy groups -OCH3 is 3. The summed E-state index contributed by atoms with van der Waals surface area (Å²) in [6, 6.07) is 22.8. The zero-order valence-electron chi connectivity index (χ0n) is 18.7. The van der Waals surface area contributed by atoms with Crippen LogP contribution >= 0.6 is 0 Å². The van der Waals surface area contributed by atoms with E-state index in [2.05, 4.69) is 5.32 Å². The molecule has 1 N–H and O–H groups in total. The van der Waals surface area contributed by atoms with Crippen molar-refractivity contribution in [2.45, 2.75) is 6.54 Å². The highest BCUT2D eigenvalue weighted by atomic mass is 16.5. The van der Waals surface area contributed by atoms with E-state index >= 15 is 0 Å². The lowest BCUT2D eigenvalue weighted by atomic mass is 10.1. The van der Waals surface area contributed by atoms with E-state index in [4.69, 9.17) is 19.3 Å². The first-order valence-corrected chi connectivity index (χ1v) is 10.4. The standard InChI is InChI=1S/C26H25N3O4/c1-31-20-14-23(32-2)21(24(15-20)33-3)16-27-26(30)22-17-29(19-12-8-5-9-13-19)28-25(22)18-10-6-4-7-11-18/h4-15,17H,16H2,1-3H3,(H,27,30). The second-order valence-electron chi connectivity index (χ2n) is 7.23. The molecule has 4 aromatic rings. The molecule has 0 atom stereocenters. The van der Waals surface area contributed by atoms with Gasteiger partial charge in [-0.15, -0.1) is 0 Å². The van der Waals surface area contributed by atoms with E-state index in [0.717, 1.165) is 11.3 Å². The van der Waals surface area contributed by atoms with E-state index in [1.54, 1.807) is 44.3 Å². The smallest absolute Gasteiger partial charge is 0.255 e. The monoisotopic (exact) mass is 443 g/mol. The molecule has 0 saturated carbocycles. The number of para-hydroxylation sites is 1. The Labute approximate surface area is 192 Å². The number of carbonyl (C=O) groups is 1. The van der Waals surface area contributed by atoms with Gasteiger partial charge in [-0.1, -0.05) is 48.5 Å². The van der Waals surface area contributed by atoms with Gasteiger partial charge in [-0.3, -0.25) is 4.79 Å². The summed E-state index contributed by atoms with van der Waals surface area (Å²) in [4.78, 5) is 13.3. The number of carbonyl (C=O) groups excluding carboxylic acids is 1. The van der Waals surface area contributed by atoms with Crippen molar-refractivity contribution in [3.8, 4) is 34.2 Å². The van der Waals surface area contributed by atoms with Crippen LogP contribution in [-0.4, -0.2) is 37.0 Å². The Morgan fingerprint density at radius 2 is 1.48 bits per heavy atom. The SMILES string of the molecule is COc1cc(OC)c(CNC(=O)c2cn(-c3ccccc3)nc2-c2ccccc2)c(OC)c1. The molecule has 1 aromatic heterocycles. The maximum atomic E-state index is 13.3. The van der Waals surface area contributed by atoms with Crippen LogP contribution in [0.15, 0.2) is 79.0 Å². The molecular formula is C26H25N3O4. The molecule has 0 aliphatic heterocycles. The van der Waals surface area contributed by atoms with Gasteiger partial charge in [0.25, 0.3) is 5.91 Å². The normalized spacial score (nSPS) is 10.5. The molecule has 0 saturated heterocycles. The van der Waals surface area contributed by atoms with Crippen LogP contribution in [0.4, 0.5) is 0 Å². The van der Waals surface area contributed by atoms with E-state index in [1.807, 2.05) is 60.7 Å². The molecule has 0 fully saturated rings. The van der Waals surface area contributed by atoms with Crippen LogP contribution in [0.1, 0.15) is 15.9 Å². The zero-order chi connectivity index (χ0) is 23.2. The van der Waals surface area contributed by atoms with Crippen molar-refractivity contribution >= 4 is 5.91 Å². The van der Waals surface area contributed by atoms with Crippen molar-refractivity contribution in [3.63, 3.8) is 0 Å². The first-order chi connectivity index (χ1) is 16.1. The van der Waals surface area contributed by atoms with Crippen LogP contribution in [0.2, 0.25) is 0 Å². The summed E-state index contributed by atoms with van der Waals surface area (Å²) in [5, 5.41) is 7.69. The quantitative estimate of drug-likeness (QED) is 0.434. The van der Waals surface area contributed by atoms with E-state index in [-0.39, 0.29) is 12.5 Å². The topological polar surface area (TPSA) is 74.6 Å². The Morgan fingerprint density at radius 1 is 0.879 bits per heavy atom. The predicted octanol–water partition coefficient (Wildman–Crippen LogP) is 4.50. The van der Waals surface area contributed by atoms with Gasteiger partial charge in [-0.05, 0) is 12.1 Å². The minimum absolute atomic E-state index is 0.208. The summed E-state index contributed by atoms with van der Waals surface area (Å²) < 4.78 is 18.0. The molecule has 168 valence electrons. The molecular weight excluding hydrogens is 418 g/mol. The summed E-state index contributed by atoms with van der Waals surface area (Å²) in [7, 11) is 4.71. The van der Waals surface area contributed by atoms with Crippen LogP contribution in [0.5, 0.6) is 17.2 Å². The van der Waals surface area contributed by atoms with E-state index in [1.165, 1.54) is 0 Å². The third-order valence-electron chi connectivity index (χ3n) is 5.27. The molecule has 0 bridgehead atoms. The molecule has 4 rings (SSSR count). The number of hydrogen-bond acceptors (Lipinski definition) is 5. The van der Waals surface area contributed by atoms with Crippen molar-refractivity contribution in [1.29, 1.82) is 0 Å². The molecule has 33 heavy (non-hydrogen) atoms. The highest BCUT2D eigenvalue weighted by molar-refractivity contribution is 6.00. The first-order valence-electron chi connectivity index (χ1n) is 10.4. The summed E-state index contributed by atoms with van der Waals surface area (Å²) in [5.74, 6) is 1.48. The van der Waals surface area contributed by atoms with Crippen molar-refractivity contribution in [3.05, 3.63) is 90.1 Å². The maximum absolute atomic E-state index is 13.3. The lowest BCUT2D eigenvalue weighted by Crippen LogP contribution is -2.23. The largest absolute Gasteiger partial charge is 0.496 e. The molecule has 0 unspecified atom stereocenters. The summed E-state index contributed by atoms with van der Waals surface area (Å²) in [6.45, 7) is 0.208. The van der Waals surface area contributed by atoms with Gasteiger partial charge in [-0.2, -0.15) is 5.10 Å². The van der Waals surface area contributed by atoms with Crippen LogP contribution < -0.4 is 19.5 Å². The van der Waals surface area contributed by atoms with Crippen LogP contribution in [-0.2, 0) is 6.54 Å². The highest BCUT2D eigenvalue weighted by Gasteiger charge is 2.20. The minimum atomic E-state index is -0.254. The molecule has 0 aliphatic carbocycles. The second kappa shape index (κ2) is 9.91. The third-order valence-corrected chi connectivity index (χ3v) is 5.27. The fraction of sp³-hybridized carbons (Fsp3) is 0.154. The number of nitrogens with one attached hydrogen (secondary N) is 1. The van der Waals surface area contributed by atoms with Gasteiger partial charge in [0.1, 0.15) is 22.9 Å². The van der Waals surface area contributed by atoms with Crippen LogP contribution in [0, 0.1) is 0 Å². The van der Waals surface area contributed by atoms with Crippen LogP contribution in [0.25, 0.3) is 16.9 Å². The Bertz CT molecular complexity index is 1210. The van der Waals surface area contributed by atoms with Crippen molar-refractivity contribution in [1.82, 2.24) is 15.1 Å². The van der Waals surface area contributed by atoms with Crippen LogP contribution in [0.3, 0.4) is 0 Å². The fourth-order valence-corrected chi connectivity index (χ4v) is 3.58. The number of amides is 1. The van der Waals surface area contributed by atoms with Crippen molar-refractivity contribution in [2.75, 3.05) is 21.3 Å². The Kier molecular flexibility index (Phi) is 6.59. The van der Waals surface area contributed by atoms with Gasteiger partial charge >= 0.3 is 0 Å². The van der Waals surface area contributed by atoms with Gasteiger partial charge in [0.15, 0.2) is 0 Å². The predicted molar refractivity (Wildman–Crippen MR) is 126 cm³/mol. The number of hydrogen-bond donors (Lipinski definition) is 1. The molecule has 7 nitrogen and oxygen atoms in total. The number of benzene rings is 3.